The Balaban J connectivity index is 5.46. The van der Waals surface area contributed by atoms with Gasteiger partial charge < -0.3 is 14.6 Å². The van der Waals surface area contributed by atoms with Crippen molar-refractivity contribution < 1.29 is 59.3 Å². The van der Waals surface area contributed by atoms with E-state index in [-0.39, 0.29) is 0 Å². The average molecular weight is 333 g/mol. The number of carbonyl (C=O) groups excluding carboxylic acids is 2. The van der Waals surface area contributed by atoms with Crippen LogP contribution in [-0.2, 0) is 19.1 Å². The third-order valence-corrected chi connectivity index (χ3v) is 1.78. The second-order valence-corrected chi connectivity index (χ2v) is 3.29. The second kappa shape index (κ2) is 5.61. The maximum absolute atomic E-state index is 12.8. The Morgan fingerprint density at radius 2 is 1.29 bits per heavy atom. The monoisotopic (exact) mass is 333 g/mol. The molecule has 0 unspecified atom stereocenters. The molecular formula is C8H5F8O5-. The number of aliphatic carboxylic acids is 1. The zero-order valence-corrected chi connectivity index (χ0v) is 9.77. The molecule has 0 heterocycles. The number of carboxylic acids is 1. The van der Waals surface area contributed by atoms with Gasteiger partial charge in [0, 0.05) is 0 Å². The fourth-order valence-electron chi connectivity index (χ4n) is 0.749. The van der Waals surface area contributed by atoms with Crippen LogP contribution in [0.3, 0.4) is 0 Å². The minimum absolute atomic E-state index is 0.865. The third-order valence-electron chi connectivity index (χ3n) is 1.78. The van der Waals surface area contributed by atoms with Crippen LogP contribution in [0.1, 0.15) is 6.92 Å². The first kappa shape index (κ1) is 19.3. The summed E-state index contributed by atoms with van der Waals surface area (Å²) in [5.41, 5.74) is 0. The minimum atomic E-state index is -6.59. The zero-order valence-electron chi connectivity index (χ0n) is 9.77. The van der Waals surface area contributed by atoms with Crippen molar-refractivity contribution in [2.24, 2.45) is 0 Å². The minimum Gasteiger partial charge on any atom is -0.544 e. The van der Waals surface area contributed by atoms with Gasteiger partial charge in [0.25, 0.3) is 0 Å². The Labute approximate surface area is 110 Å². The lowest BCUT2D eigenvalue weighted by Crippen LogP contribution is -2.60. The summed E-state index contributed by atoms with van der Waals surface area (Å²) in [5.74, 6) is -19.3. The lowest BCUT2D eigenvalue weighted by atomic mass is 10.3. The van der Waals surface area contributed by atoms with E-state index >= 15 is 0 Å². The second-order valence-electron chi connectivity index (χ2n) is 3.29. The van der Waals surface area contributed by atoms with Gasteiger partial charge >= 0.3 is 30.0 Å². The number of alkyl halides is 8. The van der Waals surface area contributed by atoms with Crippen LogP contribution in [0, 0.1) is 0 Å². The number of rotatable bonds is 7. The van der Waals surface area contributed by atoms with Crippen LogP contribution in [-0.4, -0.2) is 42.6 Å². The average Bonchev–Trinajstić information content (AvgIpc) is 2.26. The molecule has 0 fully saturated rings. The summed E-state index contributed by atoms with van der Waals surface area (Å²) in [6, 6.07) is 0. The molecule has 0 saturated carbocycles. The number of esters is 1. The molecule has 0 aliphatic heterocycles. The van der Waals surface area contributed by atoms with Crippen molar-refractivity contribution in [3.05, 3.63) is 0 Å². The summed E-state index contributed by atoms with van der Waals surface area (Å²) >= 11 is 0. The van der Waals surface area contributed by atoms with E-state index in [1.54, 1.807) is 0 Å². The standard InChI is InChI=1S/C8H6F8O5/c1-2-20-4(19)6(11,12)8(15,16)21-7(13,14)5(9,10)3(17)18/h2H2,1H3,(H,17,18)/p-1. The van der Waals surface area contributed by atoms with Gasteiger partial charge in [-0.1, -0.05) is 0 Å². The van der Waals surface area contributed by atoms with Crippen LogP contribution in [0.5, 0.6) is 0 Å². The first-order valence-electron chi connectivity index (χ1n) is 4.73. The number of hydrogen-bond acceptors (Lipinski definition) is 5. The molecule has 0 atom stereocenters. The highest BCUT2D eigenvalue weighted by Crippen LogP contribution is 2.45. The van der Waals surface area contributed by atoms with Gasteiger partial charge in [0.15, 0.2) is 0 Å². The number of carboxylic acid groups (broad SMARTS) is 1. The first-order chi connectivity index (χ1) is 9.13. The van der Waals surface area contributed by atoms with E-state index in [4.69, 9.17) is 0 Å². The van der Waals surface area contributed by atoms with Gasteiger partial charge in [-0.05, 0) is 6.92 Å². The Bertz CT molecular complexity index is 421. The fourth-order valence-corrected chi connectivity index (χ4v) is 0.749. The number of halogens is 8. The summed E-state index contributed by atoms with van der Waals surface area (Å²) in [6.45, 7) is 0.0297. The summed E-state index contributed by atoms with van der Waals surface area (Å²) in [7, 11) is 0. The van der Waals surface area contributed by atoms with Gasteiger partial charge in [-0.15, -0.1) is 0 Å². The molecule has 0 aliphatic carbocycles. The van der Waals surface area contributed by atoms with Gasteiger partial charge in [0.05, 0.1) is 6.61 Å². The van der Waals surface area contributed by atoms with E-state index in [0.29, 0.717) is 0 Å². The Hall–Kier alpha value is -1.66. The van der Waals surface area contributed by atoms with Gasteiger partial charge in [-0.3, -0.25) is 0 Å². The number of carbonyl (C=O) groups is 2. The third kappa shape index (κ3) is 3.51. The van der Waals surface area contributed by atoms with Crippen molar-refractivity contribution in [2.75, 3.05) is 6.61 Å². The van der Waals surface area contributed by atoms with Gasteiger partial charge in [-0.25, -0.2) is 9.53 Å². The number of hydrogen-bond donors (Lipinski definition) is 0. The largest absolute Gasteiger partial charge is 0.544 e. The van der Waals surface area contributed by atoms with E-state index < -0.39 is 42.6 Å². The molecule has 0 spiro atoms. The molecule has 0 bridgehead atoms. The zero-order chi connectivity index (χ0) is 17.3. The SMILES string of the molecule is CCOC(=O)C(F)(F)C(F)(F)OC(F)(F)C(F)(F)C(=O)[O-]. The van der Waals surface area contributed by atoms with E-state index in [1.807, 2.05) is 4.74 Å². The normalized spacial score (nSPS) is 14.0. The molecule has 0 aromatic carbocycles. The van der Waals surface area contributed by atoms with Crippen LogP contribution >= 0.6 is 0 Å². The summed E-state index contributed by atoms with van der Waals surface area (Å²) in [4.78, 5) is 20.2. The molecule has 0 aromatic heterocycles. The smallest absolute Gasteiger partial charge is 0.435 e. The molecular weight excluding hydrogens is 328 g/mol. The van der Waals surface area contributed by atoms with Crippen molar-refractivity contribution in [3.8, 4) is 0 Å². The maximum Gasteiger partial charge on any atom is 0.435 e. The van der Waals surface area contributed by atoms with Gasteiger partial charge in [0.2, 0.25) is 0 Å². The topological polar surface area (TPSA) is 75.7 Å². The molecule has 0 aromatic rings. The number of ether oxygens (including phenoxy) is 2. The highest BCUT2D eigenvalue weighted by Gasteiger charge is 2.72. The molecule has 21 heavy (non-hydrogen) atoms. The van der Waals surface area contributed by atoms with Gasteiger partial charge in [0.1, 0.15) is 5.97 Å². The van der Waals surface area contributed by atoms with Crippen LogP contribution in [0.25, 0.3) is 0 Å². The van der Waals surface area contributed by atoms with Crippen LogP contribution < -0.4 is 5.11 Å². The Morgan fingerprint density at radius 3 is 1.62 bits per heavy atom. The lowest BCUT2D eigenvalue weighted by molar-refractivity contribution is -0.465. The van der Waals surface area contributed by atoms with E-state index in [9.17, 15) is 49.8 Å². The molecule has 13 heteroatoms. The molecule has 0 amide bonds. The lowest BCUT2D eigenvalue weighted by Gasteiger charge is -2.32. The quantitative estimate of drug-likeness (QED) is 0.508. The summed E-state index contributed by atoms with van der Waals surface area (Å²) < 4.78 is 106. The molecule has 0 saturated heterocycles. The van der Waals surface area contributed by atoms with Crippen molar-refractivity contribution in [2.45, 2.75) is 31.0 Å². The first-order valence-corrected chi connectivity index (χ1v) is 4.73. The molecule has 0 N–H and O–H groups in total. The Kier molecular flexibility index (Phi) is 5.17. The molecule has 0 aliphatic rings. The van der Waals surface area contributed by atoms with Gasteiger partial charge in [-0.2, -0.15) is 35.1 Å². The summed E-state index contributed by atoms with van der Waals surface area (Å²) in [5, 5.41) is 9.69. The Morgan fingerprint density at radius 1 is 0.905 bits per heavy atom. The maximum atomic E-state index is 12.8. The highest BCUT2D eigenvalue weighted by molar-refractivity contribution is 5.78. The van der Waals surface area contributed by atoms with E-state index in [1.165, 1.54) is 0 Å². The highest BCUT2D eigenvalue weighted by atomic mass is 19.3. The predicted molar refractivity (Wildman–Crippen MR) is 42.5 cm³/mol. The van der Waals surface area contributed by atoms with E-state index in [2.05, 4.69) is 4.74 Å². The molecule has 124 valence electrons. The molecule has 0 radical (unpaired) electrons. The van der Waals surface area contributed by atoms with E-state index in [0.717, 1.165) is 6.92 Å². The van der Waals surface area contributed by atoms with Crippen LogP contribution in [0.2, 0.25) is 0 Å². The van der Waals surface area contributed by atoms with Crippen molar-refractivity contribution in [1.82, 2.24) is 0 Å². The van der Waals surface area contributed by atoms with Crippen LogP contribution in [0.4, 0.5) is 35.1 Å². The fraction of sp³-hybridized carbons (Fsp3) is 0.750. The predicted octanol–water partition coefficient (Wildman–Crippen LogP) is 0.772. The van der Waals surface area contributed by atoms with Crippen molar-refractivity contribution in [1.29, 1.82) is 0 Å². The van der Waals surface area contributed by atoms with Crippen molar-refractivity contribution in [3.63, 3.8) is 0 Å². The molecule has 5 nitrogen and oxygen atoms in total. The summed E-state index contributed by atoms with van der Waals surface area (Å²) in [6.07, 6.45) is -13.1. The van der Waals surface area contributed by atoms with Crippen LogP contribution in [0.15, 0.2) is 0 Å². The van der Waals surface area contributed by atoms with Crippen molar-refractivity contribution >= 4 is 11.9 Å². The molecule has 0 rings (SSSR count).